The zero-order valence-corrected chi connectivity index (χ0v) is 14.4. The van der Waals surface area contributed by atoms with Gasteiger partial charge in [0.2, 0.25) is 0 Å². The molecule has 2 aromatic rings. The number of hydrogen-bond acceptors (Lipinski definition) is 3. The average Bonchev–Trinajstić information content (AvgIpc) is 2.37. The fourth-order valence-corrected chi connectivity index (χ4v) is 2.63. The Kier molecular flexibility index (Phi) is 4.11. The van der Waals surface area contributed by atoms with Gasteiger partial charge in [0.05, 0.1) is 5.69 Å². The second-order valence-electron chi connectivity index (χ2n) is 6.47. The molecule has 1 heterocycles. The minimum Gasteiger partial charge on any atom is -0.316 e. The number of hydroxylamine groups is 3. The average molecular weight is 302 g/mol. The van der Waals surface area contributed by atoms with Crippen LogP contribution >= 0.6 is 0 Å². The Balaban J connectivity index is 2.56. The molecule has 0 aliphatic rings. The maximum Gasteiger partial charge on any atom is 0.270 e. The van der Waals surface area contributed by atoms with Gasteiger partial charge in [-0.1, -0.05) is 6.07 Å². The summed E-state index contributed by atoms with van der Waals surface area (Å²) in [6.07, 6.45) is 0. The molecule has 5 heteroatoms. The van der Waals surface area contributed by atoms with Gasteiger partial charge in [-0.15, -0.1) is 4.65 Å². The van der Waals surface area contributed by atoms with Gasteiger partial charge in [-0.3, -0.25) is 4.79 Å². The Labute approximate surface area is 131 Å². The lowest BCUT2D eigenvalue weighted by atomic mass is 9.96. The van der Waals surface area contributed by atoms with Crippen LogP contribution in [0.15, 0.2) is 23.0 Å². The Morgan fingerprint density at radius 3 is 2.32 bits per heavy atom. The SMILES string of the molecule is Cc1cc(O[N+](C)(C)C)ccc1-c1c(C)nn(C)c(=O)c1C. The third kappa shape index (κ3) is 3.20. The first-order valence-electron chi connectivity index (χ1n) is 7.26. The Morgan fingerprint density at radius 1 is 1.14 bits per heavy atom. The number of rotatable bonds is 3. The number of aromatic nitrogens is 2. The monoisotopic (exact) mass is 302 g/mol. The van der Waals surface area contributed by atoms with E-state index in [1.165, 1.54) is 4.68 Å². The van der Waals surface area contributed by atoms with Crippen LogP contribution in [-0.2, 0) is 7.05 Å². The third-order valence-electron chi connectivity index (χ3n) is 3.50. The van der Waals surface area contributed by atoms with Crippen molar-refractivity contribution in [1.82, 2.24) is 9.78 Å². The molecule has 0 fully saturated rings. The summed E-state index contributed by atoms with van der Waals surface area (Å²) in [5, 5.41) is 4.30. The molecule has 0 saturated carbocycles. The standard InChI is InChI=1S/C17H24N3O2/c1-11-10-14(22-20(5,6)7)8-9-15(11)16-12(2)17(21)19(4)18-13(16)3/h8-10H,1-7H3/q+1. The van der Waals surface area contributed by atoms with Crippen LogP contribution < -0.4 is 10.4 Å². The summed E-state index contributed by atoms with van der Waals surface area (Å²) in [5.41, 5.74) is 4.51. The lowest BCUT2D eigenvalue weighted by Crippen LogP contribution is -2.38. The molecule has 0 N–H and O–H groups in total. The van der Waals surface area contributed by atoms with Crippen molar-refractivity contribution in [3.63, 3.8) is 0 Å². The molecule has 0 unspecified atom stereocenters. The van der Waals surface area contributed by atoms with Crippen molar-refractivity contribution in [1.29, 1.82) is 0 Å². The molecular weight excluding hydrogens is 278 g/mol. The molecule has 0 atom stereocenters. The predicted octanol–water partition coefficient (Wildman–Crippen LogP) is 2.37. The Bertz CT molecular complexity index is 771. The van der Waals surface area contributed by atoms with E-state index in [-0.39, 0.29) is 5.56 Å². The van der Waals surface area contributed by atoms with E-state index in [0.717, 1.165) is 33.7 Å². The van der Waals surface area contributed by atoms with Crippen LogP contribution in [-0.4, -0.2) is 35.6 Å². The summed E-state index contributed by atoms with van der Waals surface area (Å²) in [6, 6.07) is 5.92. The minimum atomic E-state index is -0.0633. The summed E-state index contributed by atoms with van der Waals surface area (Å²) < 4.78 is 1.78. The summed E-state index contributed by atoms with van der Waals surface area (Å²) in [5.74, 6) is 0.806. The first-order chi connectivity index (χ1) is 10.1. The first-order valence-corrected chi connectivity index (χ1v) is 7.26. The number of aryl methyl sites for hydroxylation is 3. The number of nitrogens with zero attached hydrogens (tertiary/aromatic N) is 3. The fourth-order valence-electron chi connectivity index (χ4n) is 2.63. The van der Waals surface area contributed by atoms with E-state index in [2.05, 4.69) is 5.10 Å². The molecule has 22 heavy (non-hydrogen) atoms. The van der Waals surface area contributed by atoms with Crippen LogP contribution in [0.4, 0.5) is 0 Å². The smallest absolute Gasteiger partial charge is 0.270 e. The third-order valence-corrected chi connectivity index (χ3v) is 3.50. The lowest BCUT2D eigenvalue weighted by Gasteiger charge is -2.22. The van der Waals surface area contributed by atoms with Gasteiger partial charge < -0.3 is 4.84 Å². The summed E-state index contributed by atoms with van der Waals surface area (Å²) in [6.45, 7) is 5.80. The van der Waals surface area contributed by atoms with E-state index in [4.69, 9.17) is 4.84 Å². The van der Waals surface area contributed by atoms with Crippen LogP contribution in [0.3, 0.4) is 0 Å². The lowest BCUT2D eigenvalue weighted by molar-refractivity contribution is -1.03. The molecule has 0 amide bonds. The highest BCUT2D eigenvalue weighted by atomic mass is 16.7. The van der Waals surface area contributed by atoms with E-state index >= 15 is 0 Å². The van der Waals surface area contributed by atoms with E-state index < -0.39 is 0 Å². The molecule has 1 aromatic heterocycles. The molecule has 0 spiro atoms. The number of quaternary nitrogens is 1. The summed E-state index contributed by atoms with van der Waals surface area (Å²) in [4.78, 5) is 18.0. The molecular formula is C17H24N3O2+. The molecule has 0 saturated heterocycles. The molecule has 2 rings (SSSR count). The zero-order chi connectivity index (χ0) is 16.7. The Hall–Kier alpha value is -2.14. The second kappa shape index (κ2) is 5.57. The van der Waals surface area contributed by atoms with Gasteiger partial charge in [-0.2, -0.15) is 5.10 Å². The highest BCUT2D eigenvalue weighted by Gasteiger charge is 2.16. The van der Waals surface area contributed by atoms with Crippen molar-refractivity contribution in [3.05, 3.63) is 45.4 Å². The van der Waals surface area contributed by atoms with Crippen molar-refractivity contribution in [3.8, 4) is 16.9 Å². The highest BCUT2D eigenvalue weighted by molar-refractivity contribution is 5.72. The van der Waals surface area contributed by atoms with Gasteiger partial charge in [0.15, 0.2) is 5.75 Å². The fraction of sp³-hybridized carbons (Fsp3) is 0.412. The van der Waals surface area contributed by atoms with Gasteiger partial charge in [0.25, 0.3) is 5.56 Å². The largest absolute Gasteiger partial charge is 0.316 e. The number of hydrogen-bond donors (Lipinski definition) is 0. The molecule has 5 nitrogen and oxygen atoms in total. The maximum atomic E-state index is 12.2. The van der Waals surface area contributed by atoms with Crippen molar-refractivity contribution < 1.29 is 9.48 Å². The second-order valence-corrected chi connectivity index (χ2v) is 6.47. The molecule has 1 aromatic carbocycles. The van der Waals surface area contributed by atoms with Crippen LogP contribution in [0.2, 0.25) is 0 Å². The van der Waals surface area contributed by atoms with E-state index in [9.17, 15) is 4.79 Å². The van der Waals surface area contributed by atoms with E-state index in [1.807, 2.05) is 60.1 Å². The highest BCUT2D eigenvalue weighted by Crippen LogP contribution is 2.30. The quantitative estimate of drug-likeness (QED) is 0.646. The van der Waals surface area contributed by atoms with Crippen molar-refractivity contribution in [2.75, 3.05) is 21.1 Å². The van der Waals surface area contributed by atoms with Crippen molar-refractivity contribution in [2.24, 2.45) is 7.05 Å². The van der Waals surface area contributed by atoms with Gasteiger partial charge in [0, 0.05) is 18.2 Å². The maximum absolute atomic E-state index is 12.2. The van der Waals surface area contributed by atoms with Crippen molar-refractivity contribution in [2.45, 2.75) is 20.8 Å². The predicted molar refractivity (Wildman–Crippen MR) is 87.8 cm³/mol. The van der Waals surface area contributed by atoms with Crippen molar-refractivity contribution >= 4 is 0 Å². The molecule has 0 radical (unpaired) electrons. The molecule has 0 bridgehead atoms. The first kappa shape index (κ1) is 16.2. The summed E-state index contributed by atoms with van der Waals surface area (Å²) >= 11 is 0. The van der Waals surface area contributed by atoms with Crippen LogP contribution in [0, 0.1) is 20.8 Å². The molecule has 118 valence electrons. The molecule has 0 aliphatic heterocycles. The minimum absolute atomic E-state index is 0.0633. The van der Waals surface area contributed by atoms with E-state index in [0.29, 0.717) is 4.65 Å². The van der Waals surface area contributed by atoms with Gasteiger partial charge in [-0.05, 0) is 44.0 Å². The molecule has 0 aliphatic carbocycles. The normalized spacial score (nSPS) is 11.6. The van der Waals surface area contributed by atoms with E-state index in [1.54, 1.807) is 7.05 Å². The van der Waals surface area contributed by atoms with Gasteiger partial charge in [0.1, 0.15) is 21.1 Å². The Morgan fingerprint density at radius 2 is 1.77 bits per heavy atom. The summed E-state index contributed by atoms with van der Waals surface area (Å²) in [7, 11) is 7.56. The van der Waals surface area contributed by atoms with Gasteiger partial charge >= 0.3 is 0 Å². The topological polar surface area (TPSA) is 44.1 Å². The van der Waals surface area contributed by atoms with Crippen LogP contribution in [0.5, 0.6) is 5.75 Å². The zero-order valence-electron chi connectivity index (χ0n) is 14.4. The van der Waals surface area contributed by atoms with Crippen LogP contribution in [0.25, 0.3) is 11.1 Å². The number of benzene rings is 1. The van der Waals surface area contributed by atoms with Crippen LogP contribution in [0.1, 0.15) is 16.8 Å². The van der Waals surface area contributed by atoms with Gasteiger partial charge in [-0.25, -0.2) is 4.68 Å².